The van der Waals surface area contributed by atoms with Crippen molar-refractivity contribution in [2.45, 2.75) is 33.0 Å². The zero-order chi connectivity index (χ0) is 12.3. The molecule has 1 aromatic heterocycles. The van der Waals surface area contributed by atoms with Gasteiger partial charge in [-0.25, -0.2) is 15.8 Å². The average Bonchev–Trinajstić information content (AvgIpc) is 2.37. The normalized spacial score (nSPS) is 16.4. The highest BCUT2D eigenvalue weighted by molar-refractivity contribution is 5.46. The van der Waals surface area contributed by atoms with Gasteiger partial charge >= 0.3 is 0 Å². The van der Waals surface area contributed by atoms with Crippen molar-refractivity contribution < 1.29 is 9.47 Å². The Morgan fingerprint density at radius 2 is 2.35 bits per heavy atom. The SMILES string of the molecule is CCOC(C)c1nc2c(c(NN)n1)COCC2. The molecule has 6 heteroatoms. The summed E-state index contributed by atoms with van der Waals surface area (Å²) >= 11 is 0. The van der Waals surface area contributed by atoms with Gasteiger partial charge in [-0.2, -0.15) is 0 Å². The minimum absolute atomic E-state index is 0.125. The molecule has 94 valence electrons. The predicted octanol–water partition coefficient (Wildman–Crippen LogP) is 0.932. The lowest BCUT2D eigenvalue weighted by molar-refractivity contribution is 0.0688. The molecular formula is C11H18N4O2. The summed E-state index contributed by atoms with van der Waals surface area (Å²) in [6.45, 7) is 5.72. The van der Waals surface area contributed by atoms with E-state index in [4.69, 9.17) is 15.3 Å². The van der Waals surface area contributed by atoms with Crippen LogP contribution in [-0.2, 0) is 22.5 Å². The molecule has 2 heterocycles. The Morgan fingerprint density at radius 3 is 3.06 bits per heavy atom. The van der Waals surface area contributed by atoms with Gasteiger partial charge < -0.3 is 14.9 Å². The third-order valence-electron chi connectivity index (χ3n) is 2.76. The molecule has 1 unspecified atom stereocenters. The number of aromatic nitrogens is 2. The van der Waals surface area contributed by atoms with E-state index in [2.05, 4.69) is 15.4 Å². The number of hydrogen-bond donors (Lipinski definition) is 2. The van der Waals surface area contributed by atoms with E-state index in [1.165, 1.54) is 0 Å². The van der Waals surface area contributed by atoms with Crippen LogP contribution in [0.15, 0.2) is 0 Å². The second-order valence-corrected chi connectivity index (χ2v) is 3.90. The van der Waals surface area contributed by atoms with E-state index in [-0.39, 0.29) is 6.10 Å². The van der Waals surface area contributed by atoms with Gasteiger partial charge in [0.1, 0.15) is 11.9 Å². The van der Waals surface area contributed by atoms with Crippen LogP contribution in [0.1, 0.15) is 37.0 Å². The Labute approximate surface area is 101 Å². The number of fused-ring (bicyclic) bond motifs is 1. The van der Waals surface area contributed by atoms with Crippen LogP contribution < -0.4 is 11.3 Å². The molecule has 6 nitrogen and oxygen atoms in total. The first kappa shape index (κ1) is 12.2. The molecule has 1 aromatic rings. The lowest BCUT2D eigenvalue weighted by atomic mass is 10.1. The molecule has 1 aliphatic rings. The lowest BCUT2D eigenvalue weighted by Crippen LogP contribution is -2.21. The van der Waals surface area contributed by atoms with Crippen LogP contribution in [-0.4, -0.2) is 23.2 Å². The molecule has 0 amide bonds. The number of nitrogens with two attached hydrogens (primary N) is 1. The van der Waals surface area contributed by atoms with Gasteiger partial charge in [0, 0.05) is 18.6 Å². The Balaban J connectivity index is 2.35. The second kappa shape index (κ2) is 5.39. The van der Waals surface area contributed by atoms with Crippen molar-refractivity contribution in [1.82, 2.24) is 9.97 Å². The number of hydrazine groups is 1. The summed E-state index contributed by atoms with van der Waals surface area (Å²) in [5.41, 5.74) is 4.56. The van der Waals surface area contributed by atoms with Gasteiger partial charge in [0.15, 0.2) is 5.82 Å². The fraction of sp³-hybridized carbons (Fsp3) is 0.636. The predicted molar refractivity (Wildman–Crippen MR) is 63.2 cm³/mol. The van der Waals surface area contributed by atoms with Crippen molar-refractivity contribution >= 4 is 5.82 Å². The van der Waals surface area contributed by atoms with Crippen LogP contribution in [0.25, 0.3) is 0 Å². The summed E-state index contributed by atoms with van der Waals surface area (Å²) in [5, 5.41) is 0. The fourth-order valence-corrected chi connectivity index (χ4v) is 1.88. The third kappa shape index (κ3) is 2.54. The van der Waals surface area contributed by atoms with Crippen LogP contribution >= 0.6 is 0 Å². The molecule has 2 rings (SSSR count). The molecule has 0 spiro atoms. The van der Waals surface area contributed by atoms with Crippen LogP contribution in [0.3, 0.4) is 0 Å². The highest BCUT2D eigenvalue weighted by Gasteiger charge is 2.20. The number of rotatable bonds is 4. The first-order valence-electron chi connectivity index (χ1n) is 5.82. The van der Waals surface area contributed by atoms with Crippen LogP contribution in [0, 0.1) is 0 Å². The first-order chi connectivity index (χ1) is 8.26. The van der Waals surface area contributed by atoms with E-state index in [9.17, 15) is 0 Å². The van der Waals surface area contributed by atoms with Crippen LogP contribution in [0.5, 0.6) is 0 Å². The van der Waals surface area contributed by atoms with Gasteiger partial charge in [-0.1, -0.05) is 0 Å². The maximum atomic E-state index is 5.49. The molecule has 1 aliphatic heterocycles. The number of anilines is 1. The van der Waals surface area contributed by atoms with E-state index < -0.39 is 0 Å². The molecule has 0 bridgehead atoms. The van der Waals surface area contributed by atoms with E-state index >= 15 is 0 Å². The third-order valence-corrected chi connectivity index (χ3v) is 2.76. The van der Waals surface area contributed by atoms with Gasteiger partial charge in [-0.3, -0.25) is 0 Å². The Morgan fingerprint density at radius 1 is 1.53 bits per heavy atom. The standard InChI is InChI=1S/C11H18N4O2/c1-3-17-7(2)10-13-9-4-5-16-6-8(9)11(14-10)15-12/h7H,3-6,12H2,1-2H3,(H,13,14,15). The van der Waals surface area contributed by atoms with E-state index in [1.54, 1.807) is 0 Å². The van der Waals surface area contributed by atoms with Gasteiger partial charge in [-0.15, -0.1) is 0 Å². The fourth-order valence-electron chi connectivity index (χ4n) is 1.88. The molecule has 0 aromatic carbocycles. The second-order valence-electron chi connectivity index (χ2n) is 3.90. The summed E-state index contributed by atoms with van der Waals surface area (Å²) in [5.74, 6) is 6.78. The highest BCUT2D eigenvalue weighted by atomic mass is 16.5. The number of hydrogen-bond acceptors (Lipinski definition) is 6. The summed E-state index contributed by atoms with van der Waals surface area (Å²) in [7, 11) is 0. The van der Waals surface area contributed by atoms with Crippen molar-refractivity contribution in [2.24, 2.45) is 5.84 Å². The van der Waals surface area contributed by atoms with Crippen molar-refractivity contribution in [1.29, 1.82) is 0 Å². The Hall–Kier alpha value is -1.24. The van der Waals surface area contributed by atoms with E-state index in [0.717, 1.165) is 17.7 Å². The number of nitrogens with one attached hydrogen (secondary N) is 1. The summed E-state index contributed by atoms with van der Waals surface area (Å²) in [6, 6.07) is 0. The smallest absolute Gasteiger partial charge is 0.159 e. The van der Waals surface area contributed by atoms with E-state index in [1.807, 2.05) is 13.8 Å². The summed E-state index contributed by atoms with van der Waals surface area (Å²) < 4.78 is 10.9. The molecule has 3 N–H and O–H groups in total. The summed E-state index contributed by atoms with van der Waals surface area (Å²) in [6.07, 6.45) is 0.665. The number of ether oxygens (including phenoxy) is 2. The molecule has 17 heavy (non-hydrogen) atoms. The largest absolute Gasteiger partial charge is 0.376 e. The van der Waals surface area contributed by atoms with Crippen molar-refractivity contribution in [2.75, 3.05) is 18.6 Å². The molecule has 0 fully saturated rings. The number of nitrogens with zero attached hydrogens (tertiary/aromatic N) is 2. The van der Waals surface area contributed by atoms with Crippen molar-refractivity contribution in [3.05, 3.63) is 17.1 Å². The highest BCUT2D eigenvalue weighted by Crippen LogP contribution is 2.24. The molecule has 0 saturated heterocycles. The first-order valence-corrected chi connectivity index (χ1v) is 5.82. The Bertz CT molecular complexity index is 380. The summed E-state index contributed by atoms with van der Waals surface area (Å²) in [4.78, 5) is 8.90. The van der Waals surface area contributed by atoms with Gasteiger partial charge in [-0.05, 0) is 13.8 Å². The number of nitrogen functional groups attached to an aromatic ring is 1. The molecular weight excluding hydrogens is 220 g/mol. The minimum Gasteiger partial charge on any atom is -0.376 e. The maximum absolute atomic E-state index is 5.49. The molecule has 0 radical (unpaired) electrons. The van der Waals surface area contributed by atoms with Crippen molar-refractivity contribution in [3.63, 3.8) is 0 Å². The van der Waals surface area contributed by atoms with Crippen LogP contribution in [0.4, 0.5) is 5.82 Å². The Kier molecular flexibility index (Phi) is 3.88. The molecule has 0 aliphatic carbocycles. The quantitative estimate of drug-likeness (QED) is 0.600. The van der Waals surface area contributed by atoms with E-state index in [0.29, 0.717) is 31.5 Å². The minimum atomic E-state index is -0.125. The monoisotopic (exact) mass is 238 g/mol. The zero-order valence-electron chi connectivity index (χ0n) is 10.2. The average molecular weight is 238 g/mol. The van der Waals surface area contributed by atoms with Gasteiger partial charge in [0.25, 0.3) is 0 Å². The van der Waals surface area contributed by atoms with Crippen LogP contribution in [0.2, 0.25) is 0 Å². The molecule has 1 atom stereocenters. The zero-order valence-corrected chi connectivity index (χ0v) is 10.2. The topological polar surface area (TPSA) is 82.3 Å². The lowest BCUT2D eigenvalue weighted by Gasteiger charge is -2.20. The molecule has 0 saturated carbocycles. The van der Waals surface area contributed by atoms with Gasteiger partial charge in [0.05, 0.1) is 18.9 Å². The maximum Gasteiger partial charge on any atom is 0.159 e. The van der Waals surface area contributed by atoms with Gasteiger partial charge in [0.2, 0.25) is 0 Å². The van der Waals surface area contributed by atoms with Crippen molar-refractivity contribution in [3.8, 4) is 0 Å².